The highest BCUT2D eigenvalue weighted by atomic mass is 79.9. The summed E-state index contributed by atoms with van der Waals surface area (Å²) >= 11 is 3.40. The van der Waals surface area contributed by atoms with Crippen LogP contribution in [0.2, 0.25) is 0 Å². The molecule has 3 rings (SSSR count). The van der Waals surface area contributed by atoms with Crippen LogP contribution in [0.5, 0.6) is 0 Å². The van der Waals surface area contributed by atoms with E-state index in [2.05, 4.69) is 53.2 Å². The Kier molecular flexibility index (Phi) is 8.11. The van der Waals surface area contributed by atoms with Crippen molar-refractivity contribution >= 4 is 38.8 Å². The number of carbonyl (C=O) groups is 2. The molecule has 0 bridgehead atoms. The third-order valence-corrected chi connectivity index (χ3v) is 4.46. The molecule has 2 heterocycles. The number of hydrogen-bond acceptors (Lipinski definition) is 5. The molecular weight excluding hydrogens is 483 g/mol. The molecule has 0 unspecified atom stereocenters. The highest BCUT2D eigenvalue weighted by Crippen LogP contribution is 2.20. The van der Waals surface area contributed by atoms with Crippen molar-refractivity contribution in [3.8, 4) is 0 Å². The molecule has 3 aromatic rings. The number of aliphatic carboxylic acids is 1. The lowest BCUT2D eigenvalue weighted by Crippen LogP contribution is -2.25. The van der Waals surface area contributed by atoms with Gasteiger partial charge >= 0.3 is 12.1 Å². The number of alkyl halides is 3. The van der Waals surface area contributed by atoms with Gasteiger partial charge in [-0.15, -0.1) is 0 Å². The van der Waals surface area contributed by atoms with Crippen molar-refractivity contribution in [1.29, 1.82) is 0 Å². The first-order chi connectivity index (χ1) is 14.5. The molecule has 1 amide bonds. The molecule has 2 aromatic heterocycles. The standard InChI is InChI=1S/C17H18BrN5O.C2HF3O2/c1-23(2)10-12-5-3-11(4-6-12)7-21-17(24)16-19-8-13-14(18)9-20-15(13)22-16;3-2(4,5)1(6)7/h3-6,8-9H,7,10H2,1-2H3,(H,21,24)(H,19,20,22);(H,6,7). The molecule has 0 fully saturated rings. The van der Waals surface area contributed by atoms with Crippen LogP contribution in [-0.2, 0) is 17.9 Å². The molecule has 0 saturated heterocycles. The van der Waals surface area contributed by atoms with Crippen LogP contribution in [0.1, 0.15) is 21.7 Å². The first-order valence-electron chi connectivity index (χ1n) is 8.78. The Morgan fingerprint density at radius 1 is 1.19 bits per heavy atom. The van der Waals surface area contributed by atoms with Crippen molar-refractivity contribution in [2.24, 2.45) is 0 Å². The number of halogens is 4. The van der Waals surface area contributed by atoms with Gasteiger partial charge < -0.3 is 20.3 Å². The number of benzene rings is 1. The minimum absolute atomic E-state index is 0.154. The molecule has 0 radical (unpaired) electrons. The van der Waals surface area contributed by atoms with Crippen molar-refractivity contribution in [3.63, 3.8) is 0 Å². The number of fused-ring (bicyclic) bond motifs is 1. The molecule has 166 valence electrons. The van der Waals surface area contributed by atoms with E-state index in [1.807, 2.05) is 26.2 Å². The topological polar surface area (TPSA) is 111 Å². The number of aromatic nitrogens is 3. The second-order valence-electron chi connectivity index (χ2n) is 6.63. The van der Waals surface area contributed by atoms with Gasteiger partial charge in [-0.05, 0) is 41.2 Å². The fraction of sp³-hybridized carbons (Fsp3) is 0.263. The van der Waals surface area contributed by atoms with Crippen LogP contribution in [-0.4, -0.2) is 57.1 Å². The van der Waals surface area contributed by atoms with Gasteiger partial charge in [0.25, 0.3) is 5.91 Å². The van der Waals surface area contributed by atoms with E-state index in [9.17, 15) is 18.0 Å². The van der Waals surface area contributed by atoms with E-state index in [-0.39, 0.29) is 11.7 Å². The molecule has 8 nitrogen and oxygen atoms in total. The SMILES string of the molecule is CN(C)Cc1ccc(CNC(=O)c2ncc3c(Br)c[nH]c3n2)cc1.O=C(O)C(F)(F)F. The van der Waals surface area contributed by atoms with E-state index in [1.165, 1.54) is 5.56 Å². The van der Waals surface area contributed by atoms with Crippen LogP contribution in [0.3, 0.4) is 0 Å². The number of carbonyl (C=O) groups excluding carboxylic acids is 1. The molecule has 3 N–H and O–H groups in total. The van der Waals surface area contributed by atoms with Crippen LogP contribution >= 0.6 is 15.9 Å². The molecule has 0 saturated carbocycles. The van der Waals surface area contributed by atoms with E-state index in [1.54, 1.807) is 12.4 Å². The summed E-state index contributed by atoms with van der Waals surface area (Å²) in [5.41, 5.74) is 2.91. The monoisotopic (exact) mass is 501 g/mol. The number of carboxylic acid groups (broad SMARTS) is 1. The number of hydrogen-bond donors (Lipinski definition) is 3. The van der Waals surface area contributed by atoms with Gasteiger partial charge in [-0.1, -0.05) is 24.3 Å². The van der Waals surface area contributed by atoms with Gasteiger partial charge in [0.05, 0.1) is 5.39 Å². The molecule has 0 aliphatic heterocycles. The number of nitrogens with zero attached hydrogens (tertiary/aromatic N) is 3. The van der Waals surface area contributed by atoms with Gasteiger partial charge in [-0.25, -0.2) is 14.8 Å². The van der Waals surface area contributed by atoms with Crippen molar-refractivity contribution in [2.45, 2.75) is 19.3 Å². The van der Waals surface area contributed by atoms with Gasteiger partial charge in [-0.3, -0.25) is 4.79 Å². The summed E-state index contributed by atoms with van der Waals surface area (Å²) in [4.78, 5) is 34.6. The minimum atomic E-state index is -5.08. The quantitative estimate of drug-likeness (QED) is 0.494. The van der Waals surface area contributed by atoms with Crippen molar-refractivity contribution < 1.29 is 27.9 Å². The van der Waals surface area contributed by atoms with Gasteiger partial charge in [-0.2, -0.15) is 13.2 Å². The Morgan fingerprint density at radius 2 is 1.77 bits per heavy atom. The highest BCUT2D eigenvalue weighted by Gasteiger charge is 2.38. The van der Waals surface area contributed by atoms with Crippen molar-refractivity contribution in [1.82, 2.24) is 25.2 Å². The Bertz CT molecular complexity index is 1050. The predicted molar refractivity (Wildman–Crippen MR) is 110 cm³/mol. The van der Waals surface area contributed by atoms with E-state index in [0.717, 1.165) is 22.0 Å². The summed E-state index contributed by atoms with van der Waals surface area (Å²) in [6.07, 6.45) is -1.68. The van der Waals surface area contributed by atoms with E-state index < -0.39 is 12.1 Å². The number of amides is 1. The predicted octanol–water partition coefficient (Wildman–Crippen LogP) is 3.35. The molecular formula is C19H19BrF3N5O3. The molecule has 0 spiro atoms. The lowest BCUT2D eigenvalue weighted by Gasteiger charge is -2.10. The van der Waals surface area contributed by atoms with E-state index in [0.29, 0.717) is 12.2 Å². The summed E-state index contributed by atoms with van der Waals surface area (Å²) in [5.74, 6) is -2.89. The van der Waals surface area contributed by atoms with Crippen molar-refractivity contribution in [3.05, 3.63) is 58.1 Å². The van der Waals surface area contributed by atoms with Gasteiger partial charge in [0.2, 0.25) is 5.82 Å². The highest BCUT2D eigenvalue weighted by molar-refractivity contribution is 9.10. The summed E-state index contributed by atoms with van der Waals surface area (Å²) in [7, 11) is 4.07. The molecule has 0 aliphatic rings. The average Bonchev–Trinajstić information content (AvgIpc) is 3.07. The molecule has 0 atom stereocenters. The fourth-order valence-electron chi connectivity index (χ4n) is 2.37. The zero-order chi connectivity index (χ0) is 23.2. The average molecular weight is 502 g/mol. The Labute approximate surface area is 183 Å². The molecule has 31 heavy (non-hydrogen) atoms. The second-order valence-corrected chi connectivity index (χ2v) is 7.49. The molecule has 12 heteroatoms. The van der Waals surface area contributed by atoms with Crippen LogP contribution in [0.15, 0.2) is 41.1 Å². The number of nitrogens with one attached hydrogen (secondary N) is 2. The van der Waals surface area contributed by atoms with Crippen LogP contribution in [0, 0.1) is 0 Å². The van der Waals surface area contributed by atoms with E-state index in [4.69, 9.17) is 9.90 Å². The third-order valence-electron chi connectivity index (χ3n) is 3.80. The maximum Gasteiger partial charge on any atom is 0.490 e. The Morgan fingerprint density at radius 3 is 2.32 bits per heavy atom. The second kappa shape index (κ2) is 10.4. The van der Waals surface area contributed by atoms with Crippen molar-refractivity contribution in [2.75, 3.05) is 14.1 Å². The lowest BCUT2D eigenvalue weighted by molar-refractivity contribution is -0.192. The van der Waals surface area contributed by atoms with Gasteiger partial charge in [0.1, 0.15) is 5.65 Å². The molecule has 1 aromatic carbocycles. The largest absolute Gasteiger partial charge is 0.490 e. The lowest BCUT2D eigenvalue weighted by atomic mass is 10.1. The van der Waals surface area contributed by atoms with Gasteiger partial charge in [0.15, 0.2) is 0 Å². The Balaban J connectivity index is 0.000000423. The third kappa shape index (κ3) is 7.33. The zero-order valence-corrected chi connectivity index (χ0v) is 18.1. The molecule has 0 aliphatic carbocycles. The maximum absolute atomic E-state index is 12.2. The summed E-state index contributed by atoms with van der Waals surface area (Å²) < 4.78 is 32.6. The zero-order valence-electron chi connectivity index (χ0n) is 16.5. The smallest absolute Gasteiger partial charge is 0.475 e. The summed E-state index contributed by atoms with van der Waals surface area (Å²) in [6, 6.07) is 8.18. The minimum Gasteiger partial charge on any atom is -0.475 e. The summed E-state index contributed by atoms with van der Waals surface area (Å²) in [6.45, 7) is 1.34. The number of rotatable bonds is 5. The van der Waals surface area contributed by atoms with Crippen LogP contribution in [0.25, 0.3) is 11.0 Å². The first-order valence-corrected chi connectivity index (χ1v) is 9.57. The maximum atomic E-state index is 12.2. The first kappa shape index (κ1) is 24.3. The number of aromatic amines is 1. The normalized spacial score (nSPS) is 11.2. The number of carboxylic acids is 1. The fourth-order valence-corrected chi connectivity index (χ4v) is 2.78. The van der Waals surface area contributed by atoms with Gasteiger partial charge in [0, 0.05) is 30.0 Å². The van der Waals surface area contributed by atoms with E-state index >= 15 is 0 Å². The van der Waals surface area contributed by atoms with Crippen LogP contribution in [0.4, 0.5) is 13.2 Å². The van der Waals surface area contributed by atoms with Crippen LogP contribution < -0.4 is 5.32 Å². The summed E-state index contributed by atoms with van der Waals surface area (Å²) in [5, 5.41) is 10.8. The Hall–Kier alpha value is -2.99. The number of H-pyrrole nitrogens is 1.